The van der Waals surface area contributed by atoms with Crippen molar-refractivity contribution in [1.29, 1.82) is 0 Å². The van der Waals surface area contributed by atoms with Gasteiger partial charge in [-0.2, -0.15) is 4.98 Å². The lowest BCUT2D eigenvalue weighted by molar-refractivity contribution is -0.140. The van der Waals surface area contributed by atoms with Crippen LogP contribution in [0.25, 0.3) is 11.1 Å². The van der Waals surface area contributed by atoms with E-state index >= 15 is 0 Å². The number of hydrogen-bond donors (Lipinski definition) is 5. The highest BCUT2D eigenvalue weighted by Crippen LogP contribution is 2.26. The van der Waals surface area contributed by atoms with E-state index in [1.807, 2.05) is 11.4 Å². The van der Waals surface area contributed by atoms with Gasteiger partial charge < -0.3 is 31.4 Å². The minimum absolute atomic E-state index is 0.183. The normalized spacial score (nSPS) is 12.0. The Morgan fingerprint density at radius 2 is 1.94 bits per heavy atom. The third-order valence-corrected chi connectivity index (χ3v) is 5.60. The van der Waals surface area contributed by atoms with Crippen LogP contribution in [-0.4, -0.2) is 39.1 Å². The average Bonchev–Trinajstić information content (AvgIpc) is 3.31. The first kappa shape index (κ1) is 22.1. The largest absolute Gasteiger partial charge is 0.481 e. The van der Waals surface area contributed by atoms with Gasteiger partial charge in [0.25, 0.3) is 5.91 Å². The molecule has 1 atom stereocenters. The molecule has 10 nitrogen and oxygen atoms in total. The lowest BCUT2D eigenvalue weighted by Crippen LogP contribution is -2.40. The molecule has 0 fully saturated rings. The average molecular weight is 446 g/mol. The van der Waals surface area contributed by atoms with Crippen LogP contribution >= 0.6 is 11.3 Å². The molecule has 0 spiro atoms. The van der Waals surface area contributed by atoms with Crippen molar-refractivity contribution in [2.75, 3.05) is 11.5 Å². The summed E-state index contributed by atoms with van der Waals surface area (Å²) in [5, 5.41) is 22.8. The van der Waals surface area contributed by atoms with Crippen LogP contribution in [0.1, 0.15) is 40.3 Å². The Morgan fingerprint density at radius 1 is 1.16 bits per heavy atom. The minimum Gasteiger partial charge on any atom is -0.481 e. The lowest BCUT2D eigenvalue weighted by Gasteiger charge is -2.12. The standard InChI is InChI=1S/C20H22N4O6S/c21-13-8-16(22)24-19-12(13)7-11(30-19)3-1-2-10-6-15(31-9-10)18(27)23-14(20(28)29)4-5-17(25)26/h6-9,14H,1-5H2,(H,23,27)(H,25,26)(H,28,29)(H4,21,22,24)/t14-/m0/s1. The quantitative estimate of drug-likeness (QED) is 0.312. The highest BCUT2D eigenvalue weighted by atomic mass is 32.1. The van der Waals surface area contributed by atoms with E-state index in [1.54, 1.807) is 12.1 Å². The molecule has 3 rings (SSSR count). The maximum Gasteiger partial charge on any atom is 0.326 e. The van der Waals surface area contributed by atoms with E-state index in [1.165, 1.54) is 11.3 Å². The van der Waals surface area contributed by atoms with E-state index in [4.69, 9.17) is 26.1 Å². The smallest absolute Gasteiger partial charge is 0.326 e. The summed E-state index contributed by atoms with van der Waals surface area (Å²) < 4.78 is 5.69. The van der Waals surface area contributed by atoms with E-state index in [9.17, 15) is 14.4 Å². The fourth-order valence-corrected chi connectivity index (χ4v) is 3.93. The molecular weight excluding hydrogens is 424 g/mol. The van der Waals surface area contributed by atoms with Gasteiger partial charge >= 0.3 is 11.9 Å². The van der Waals surface area contributed by atoms with Crippen LogP contribution in [0.2, 0.25) is 0 Å². The molecule has 7 N–H and O–H groups in total. The Hall–Kier alpha value is -3.60. The second kappa shape index (κ2) is 9.47. The van der Waals surface area contributed by atoms with E-state index in [-0.39, 0.29) is 12.8 Å². The zero-order valence-corrected chi connectivity index (χ0v) is 17.3. The number of thiophene rings is 1. The van der Waals surface area contributed by atoms with Crippen LogP contribution < -0.4 is 16.8 Å². The summed E-state index contributed by atoms with van der Waals surface area (Å²) in [6.07, 6.45) is 1.56. The Kier molecular flexibility index (Phi) is 6.75. The van der Waals surface area contributed by atoms with E-state index < -0.39 is 23.9 Å². The minimum atomic E-state index is -1.27. The fourth-order valence-electron chi connectivity index (χ4n) is 3.08. The van der Waals surface area contributed by atoms with Crippen molar-refractivity contribution in [3.63, 3.8) is 0 Å². The number of nitrogens with one attached hydrogen (secondary N) is 1. The van der Waals surface area contributed by atoms with E-state index in [0.717, 1.165) is 23.1 Å². The number of carbonyl (C=O) groups is 3. The summed E-state index contributed by atoms with van der Waals surface area (Å²) in [5.41, 5.74) is 13.4. The van der Waals surface area contributed by atoms with Crippen molar-refractivity contribution in [1.82, 2.24) is 10.3 Å². The maximum absolute atomic E-state index is 12.3. The zero-order valence-electron chi connectivity index (χ0n) is 16.5. The Morgan fingerprint density at radius 3 is 2.65 bits per heavy atom. The van der Waals surface area contributed by atoms with Gasteiger partial charge in [-0.15, -0.1) is 11.3 Å². The number of carboxylic acids is 2. The molecule has 0 saturated heterocycles. The number of nitrogens with zero attached hydrogens (tertiary/aromatic N) is 1. The fraction of sp³-hybridized carbons (Fsp3) is 0.300. The predicted molar refractivity (Wildman–Crippen MR) is 115 cm³/mol. The Balaban J connectivity index is 1.54. The van der Waals surface area contributed by atoms with Crippen molar-refractivity contribution >= 4 is 51.8 Å². The molecule has 3 heterocycles. The Bertz CT molecular complexity index is 1120. The van der Waals surface area contributed by atoms with E-state index in [2.05, 4.69) is 10.3 Å². The van der Waals surface area contributed by atoms with Crippen LogP contribution in [-0.2, 0) is 22.4 Å². The number of aryl methyl sites for hydroxylation is 2. The van der Waals surface area contributed by atoms with Crippen LogP contribution in [0.3, 0.4) is 0 Å². The highest BCUT2D eigenvalue weighted by Gasteiger charge is 2.22. The zero-order chi connectivity index (χ0) is 22.5. The molecule has 164 valence electrons. The number of fused-ring (bicyclic) bond motifs is 1. The van der Waals surface area contributed by atoms with Crippen LogP contribution in [0.15, 0.2) is 28.0 Å². The molecule has 0 radical (unpaired) electrons. The second-order valence-electron chi connectivity index (χ2n) is 7.04. The molecule has 0 aliphatic heterocycles. The number of anilines is 2. The molecular formula is C20H22N4O6S. The van der Waals surface area contributed by atoms with Crippen LogP contribution in [0.5, 0.6) is 0 Å². The lowest BCUT2D eigenvalue weighted by atomic mass is 10.1. The van der Waals surface area contributed by atoms with Crippen molar-refractivity contribution in [2.45, 2.75) is 38.1 Å². The third-order valence-electron chi connectivity index (χ3n) is 4.63. The number of carbonyl (C=O) groups excluding carboxylic acids is 1. The third kappa shape index (κ3) is 5.72. The molecule has 31 heavy (non-hydrogen) atoms. The van der Waals surface area contributed by atoms with Gasteiger partial charge in [0.05, 0.1) is 10.3 Å². The SMILES string of the molecule is Nc1cc(N)c2cc(CCCc3csc(C(=O)N[C@@H](CCC(=O)O)C(=O)O)c3)oc2n1. The number of aromatic nitrogens is 1. The molecule has 3 aromatic rings. The number of pyridine rings is 1. The number of nitrogen functional groups attached to an aromatic ring is 2. The number of hydrogen-bond acceptors (Lipinski definition) is 8. The number of amides is 1. The molecule has 11 heteroatoms. The monoisotopic (exact) mass is 446 g/mol. The highest BCUT2D eigenvalue weighted by molar-refractivity contribution is 7.12. The van der Waals surface area contributed by atoms with Crippen molar-refractivity contribution in [3.05, 3.63) is 39.8 Å². The first-order valence-electron chi connectivity index (χ1n) is 9.50. The summed E-state index contributed by atoms with van der Waals surface area (Å²) in [5.74, 6) is -1.90. The summed E-state index contributed by atoms with van der Waals surface area (Å²) in [6, 6.07) is 3.87. The molecule has 0 bridgehead atoms. The van der Waals surface area contributed by atoms with Gasteiger partial charge in [-0.3, -0.25) is 9.59 Å². The molecule has 3 aromatic heterocycles. The van der Waals surface area contributed by atoms with Crippen molar-refractivity contribution < 1.29 is 29.0 Å². The maximum atomic E-state index is 12.3. The Labute approximate surface area is 180 Å². The topological polar surface area (TPSA) is 182 Å². The van der Waals surface area contributed by atoms with Gasteiger partial charge in [0, 0.05) is 24.6 Å². The number of aliphatic carboxylic acids is 2. The molecule has 0 aliphatic carbocycles. The number of nitrogens with two attached hydrogens (primary N) is 2. The van der Waals surface area contributed by atoms with Crippen LogP contribution in [0.4, 0.5) is 11.5 Å². The van der Waals surface area contributed by atoms with Crippen LogP contribution in [0, 0.1) is 0 Å². The molecule has 1 amide bonds. The van der Waals surface area contributed by atoms with Gasteiger partial charge in [0.15, 0.2) is 0 Å². The van der Waals surface area contributed by atoms with Gasteiger partial charge in [0.1, 0.15) is 17.6 Å². The molecule has 0 unspecified atom stereocenters. The summed E-state index contributed by atoms with van der Waals surface area (Å²) in [6.45, 7) is 0. The first-order valence-corrected chi connectivity index (χ1v) is 10.4. The van der Waals surface area contributed by atoms with Crippen molar-refractivity contribution in [3.8, 4) is 0 Å². The van der Waals surface area contributed by atoms with Gasteiger partial charge in [-0.25, -0.2) is 4.79 Å². The number of furan rings is 1. The van der Waals surface area contributed by atoms with Crippen molar-refractivity contribution in [2.24, 2.45) is 0 Å². The summed E-state index contributed by atoms with van der Waals surface area (Å²) in [4.78, 5) is 38.7. The van der Waals surface area contributed by atoms with E-state index in [0.29, 0.717) is 34.9 Å². The molecule has 0 saturated carbocycles. The van der Waals surface area contributed by atoms with Gasteiger partial charge in [-0.1, -0.05) is 0 Å². The number of carboxylic acid groups (broad SMARTS) is 2. The molecule has 0 aliphatic rings. The predicted octanol–water partition coefficient (Wildman–Crippen LogP) is 2.28. The number of rotatable bonds is 10. The first-order chi connectivity index (χ1) is 14.7. The molecule has 0 aromatic carbocycles. The summed E-state index contributed by atoms with van der Waals surface area (Å²) in [7, 11) is 0. The second-order valence-corrected chi connectivity index (χ2v) is 7.95. The van der Waals surface area contributed by atoms with Gasteiger partial charge in [0.2, 0.25) is 5.71 Å². The summed E-state index contributed by atoms with van der Waals surface area (Å²) >= 11 is 1.20. The van der Waals surface area contributed by atoms with Gasteiger partial charge in [-0.05, 0) is 42.3 Å².